The molecule has 4 nitrogen and oxygen atoms in total. The molecule has 0 saturated heterocycles. The minimum atomic E-state index is -1.31. The van der Waals surface area contributed by atoms with Crippen LogP contribution in [0.25, 0.3) is 0 Å². The molecular weight excluding hydrogens is 194 g/mol. The first-order valence-corrected chi connectivity index (χ1v) is 5.67. The molecule has 0 aliphatic carbocycles. The Bertz CT molecular complexity index is 185. The third-order valence-corrected chi connectivity index (χ3v) is 2.65. The van der Waals surface area contributed by atoms with Gasteiger partial charge in [0.25, 0.3) is 0 Å². The highest BCUT2D eigenvalue weighted by Gasteiger charge is 2.32. The molecule has 0 aromatic rings. The number of hydrogen-bond acceptors (Lipinski definition) is 4. The van der Waals surface area contributed by atoms with Crippen LogP contribution in [-0.2, 0) is 4.79 Å². The maximum atomic E-state index is 11.5. The molecule has 0 amide bonds. The van der Waals surface area contributed by atoms with Gasteiger partial charge < -0.3 is 15.9 Å². The van der Waals surface area contributed by atoms with Crippen molar-refractivity contribution in [2.75, 3.05) is 13.2 Å². The maximum Gasteiger partial charge on any atom is 0.177 e. The highest BCUT2D eigenvalue weighted by atomic mass is 16.3. The lowest BCUT2D eigenvalue weighted by atomic mass is 9.87. The number of aliphatic hydroxyl groups is 2. The van der Waals surface area contributed by atoms with Crippen molar-refractivity contribution in [1.29, 1.82) is 0 Å². The van der Waals surface area contributed by atoms with Crippen LogP contribution in [0.1, 0.15) is 45.4 Å². The third-order valence-electron chi connectivity index (χ3n) is 2.65. The summed E-state index contributed by atoms with van der Waals surface area (Å²) in [5.41, 5.74) is 3.95. The number of rotatable bonds is 9. The summed E-state index contributed by atoms with van der Waals surface area (Å²) < 4.78 is 0. The van der Waals surface area contributed by atoms with Crippen molar-refractivity contribution in [3.05, 3.63) is 0 Å². The summed E-state index contributed by atoms with van der Waals surface area (Å²) in [5, 5.41) is 18.8. The molecule has 4 N–H and O–H groups in total. The van der Waals surface area contributed by atoms with E-state index in [9.17, 15) is 9.90 Å². The lowest BCUT2D eigenvalue weighted by molar-refractivity contribution is -0.137. The van der Waals surface area contributed by atoms with Crippen molar-refractivity contribution in [1.82, 2.24) is 0 Å². The Morgan fingerprint density at radius 2 is 1.87 bits per heavy atom. The van der Waals surface area contributed by atoms with E-state index in [1.54, 1.807) is 0 Å². The fourth-order valence-electron chi connectivity index (χ4n) is 1.63. The molecule has 0 spiro atoms. The van der Waals surface area contributed by atoms with Gasteiger partial charge in [-0.25, -0.2) is 0 Å². The summed E-state index contributed by atoms with van der Waals surface area (Å²) in [5.74, 6) is -0.313. The SMILES string of the molecule is CCCCCC(O)(CCCO)C(=O)CN. The van der Waals surface area contributed by atoms with Crippen LogP contribution in [0, 0.1) is 0 Å². The first-order valence-electron chi connectivity index (χ1n) is 5.67. The van der Waals surface area contributed by atoms with E-state index in [4.69, 9.17) is 10.8 Å². The Balaban J connectivity index is 4.20. The van der Waals surface area contributed by atoms with Crippen molar-refractivity contribution in [3.8, 4) is 0 Å². The summed E-state index contributed by atoms with van der Waals surface area (Å²) in [7, 11) is 0. The van der Waals surface area contributed by atoms with E-state index < -0.39 is 5.60 Å². The summed E-state index contributed by atoms with van der Waals surface area (Å²) in [6.45, 7) is 1.93. The Hall–Kier alpha value is -0.450. The first-order chi connectivity index (χ1) is 7.10. The predicted molar refractivity (Wildman–Crippen MR) is 59.5 cm³/mol. The van der Waals surface area contributed by atoms with E-state index in [1.807, 2.05) is 0 Å². The second-order valence-electron chi connectivity index (χ2n) is 3.94. The molecule has 0 radical (unpaired) electrons. The second-order valence-corrected chi connectivity index (χ2v) is 3.94. The summed E-state index contributed by atoms with van der Waals surface area (Å²) in [6, 6.07) is 0. The molecule has 0 saturated carbocycles. The number of carbonyl (C=O) groups is 1. The number of ketones is 1. The molecule has 0 heterocycles. The fourth-order valence-corrected chi connectivity index (χ4v) is 1.63. The molecule has 0 aromatic carbocycles. The minimum absolute atomic E-state index is 0.00601. The molecule has 0 rings (SSSR count). The molecular formula is C11H23NO3. The van der Waals surface area contributed by atoms with Gasteiger partial charge in [-0.3, -0.25) is 4.79 Å². The topological polar surface area (TPSA) is 83.5 Å². The predicted octanol–water partition coefficient (Wildman–Crippen LogP) is 0.598. The number of hydrogen-bond donors (Lipinski definition) is 3. The smallest absolute Gasteiger partial charge is 0.177 e. The van der Waals surface area contributed by atoms with E-state index in [0.29, 0.717) is 19.3 Å². The summed E-state index contributed by atoms with van der Waals surface area (Å²) in [4.78, 5) is 11.5. The standard InChI is InChI=1S/C11H23NO3/c1-2-3-4-6-11(15,7-5-8-13)10(14)9-12/h13,15H,2-9,12H2,1H3. The Morgan fingerprint density at radius 3 is 2.33 bits per heavy atom. The number of aliphatic hydroxyl groups excluding tert-OH is 1. The molecule has 15 heavy (non-hydrogen) atoms. The first kappa shape index (κ1) is 14.6. The Kier molecular flexibility index (Phi) is 7.56. The van der Waals surface area contributed by atoms with Gasteiger partial charge >= 0.3 is 0 Å². The molecule has 0 fully saturated rings. The number of unbranched alkanes of at least 4 members (excludes halogenated alkanes) is 2. The third kappa shape index (κ3) is 5.25. The normalized spacial score (nSPS) is 14.9. The Labute approximate surface area is 91.5 Å². The largest absolute Gasteiger partial charge is 0.396 e. The number of carbonyl (C=O) groups excluding carboxylic acids is 1. The van der Waals surface area contributed by atoms with Gasteiger partial charge in [-0.15, -0.1) is 0 Å². The minimum Gasteiger partial charge on any atom is -0.396 e. The van der Waals surface area contributed by atoms with Crippen LogP contribution in [0.2, 0.25) is 0 Å². The van der Waals surface area contributed by atoms with Crippen molar-refractivity contribution >= 4 is 5.78 Å². The van der Waals surface area contributed by atoms with Gasteiger partial charge in [0.1, 0.15) is 5.60 Å². The van der Waals surface area contributed by atoms with Gasteiger partial charge in [-0.2, -0.15) is 0 Å². The fraction of sp³-hybridized carbons (Fsp3) is 0.909. The Morgan fingerprint density at radius 1 is 1.27 bits per heavy atom. The van der Waals surface area contributed by atoms with Gasteiger partial charge in [-0.05, 0) is 19.3 Å². The van der Waals surface area contributed by atoms with Crippen LogP contribution in [0.5, 0.6) is 0 Å². The van der Waals surface area contributed by atoms with Crippen molar-refractivity contribution < 1.29 is 15.0 Å². The quantitative estimate of drug-likeness (QED) is 0.494. The average molecular weight is 217 g/mol. The highest BCUT2D eigenvalue weighted by molar-refractivity contribution is 5.88. The number of nitrogens with two attached hydrogens (primary N) is 1. The van der Waals surface area contributed by atoms with E-state index in [0.717, 1.165) is 19.3 Å². The van der Waals surface area contributed by atoms with Gasteiger partial charge in [0, 0.05) is 6.61 Å². The zero-order valence-electron chi connectivity index (χ0n) is 9.54. The van der Waals surface area contributed by atoms with Crippen molar-refractivity contribution in [2.45, 2.75) is 51.0 Å². The average Bonchev–Trinajstić information content (AvgIpc) is 2.25. The van der Waals surface area contributed by atoms with Gasteiger partial charge in [-0.1, -0.05) is 26.2 Å². The van der Waals surface area contributed by atoms with E-state index in [1.165, 1.54) is 0 Å². The van der Waals surface area contributed by atoms with Crippen LogP contribution in [0.4, 0.5) is 0 Å². The van der Waals surface area contributed by atoms with Gasteiger partial charge in [0.2, 0.25) is 0 Å². The highest BCUT2D eigenvalue weighted by Crippen LogP contribution is 2.21. The van der Waals surface area contributed by atoms with Crippen LogP contribution in [0.15, 0.2) is 0 Å². The lowest BCUT2D eigenvalue weighted by Crippen LogP contribution is -2.42. The molecule has 0 aromatic heterocycles. The molecule has 0 bridgehead atoms. The molecule has 1 atom stereocenters. The maximum absolute atomic E-state index is 11.5. The van der Waals surface area contributed by atoms with Crippen LogP contribution in [-0.4, -0.2) is 34.7 Å². The van der Waals surface area contributed by atoms with E-state index in [-0.39, 0.29) is 18.9 Å². The molecule has 90 valence electrons. The monoisotopic (exact) mass is 217 g/mol. The summed E-state index contributed by atoms with van der Waals surface area (Å²) >= 11 is 0. The summed E-state index contributed by atoms with van der Waals surface area (Å²) in [6.07, 6.45) is 4.07. The van der Waals surface area contributed by atoms with Crippen LogP contribution >= 0.6 is 0 Å². The van der Waals surface area contributed by atoms with Crippen LogP contribution in [0.3, 0.4) is 0 Å². The van der Waals surface area contributed by atoms with Crippen molar-refractivity contribution in [3.63, 3.8) is 0 Å². The van der Waals surface area contributed by atoms with Gasteiger partial charge in [0.15, 0.2) is 5.78 Å². The zero-order valence-corrected chi connectivity index (χ0v) is 9.54. The van der Waals surface area contributed by atoms with Crippen molar-refractivity contribution in [2.24, 2.45) is 5.73 Å². The molecule has 0 aliphatic heterocycles. The van der Waals surface area contributed by atoms with E-state index >= 15 is 0 Å². The molecule has 4 heteroatoms. The van der Waals surface area contributed by atoms with E-state index in [2.05, 4.69) is 6.92 Å². The lowest BCUT2D eigenvalue weighted by Gasteiger charge is -2.26. The van der Waals surface area contributed by atoms with Gasteiger partial charge in [0.05, 0.1) is 6.54 Å². The second kappa shape index (κ2) is 7.79. The van der Waals surface area contributed by atoms with Crippen LogP contribution < -0.4 is 5.73 Å². The zero-order chi connectivity index (χ0) is 11.7. The number of Topliss-reactive ketones (excluding diaryl/α,β-unsaturated/α-hetero) is 1. The molecule has 1 unspecified atom stereocenters. The molecule has 0 aliphatic rings.